The van der Waals surface area contributed by atoms with Crippen LogP contribution < -0.4 is 4.90 Å². The second kappa shape index (κ2) is 5.76. The molecule has 0 aliphatic carbocycles. The van der Waals surface area contributed by atoms with Crippen LogP contribution in [0.5, 0.6) is 0 Å². The van der Waals surface area contributed by atoms with Crippen molar-refractivity contribution < 1.29 is 14.0 Å². The Bertz CT molecular complexity index is 657. The maximum Gasteiger partial charge on any atom is 0.320 e. The van der Waals surface area contributed by atoms with Gasteiger partial charge >= 0.3 is 6.03 Å². The van der Waals surface area contributed by atoms with E-state index in [1.54, 1.807) is 17.0 Å². The second-order valence-electron chi connectivity index (χ2n) is 7.28. The first kappa shape index (κ1) is 15.4. The maximum atomic E-state index is 13.1. The van der Waals surface area contributed by atoms with E-state index in [9.17, 15) is 14.0 Å². The fourth-order valence-electron chi connectivity index (χ4n) is 4.23. The number of likely N-dealkylation sites (tertiary alicyclic amines) is 2. The zero-order chi connectivity index (χ0) is 16.7. The third-order valence-electron chi connectivity index (χ3n) is 5.54. The molecule has 3 aliphatic rings. The molecule has 5 nitrogen and oxygen atoms in total. The van der Waals surface area contributed by atoms with E-state index < -0.39 is 0 Å². The van der Waals surface area contributed by atoms with E-state index in [1.165, 1.54) is 12.1 Å². The highest BCUT2D eigenvalue weighted by atomic mass is 19.1. The molecule has 0 N–H and O–H groups in total. The van der Waals surface area contributed by atoms with Crippen LogP contribution in [-0.2, 0) is 4.79 Å². The molecule has 1 spiro atoms. The first-order chi connectivity index (χ1) is 11.6. The molecule has 24 heavy (non-hydrogen) atoms. The van der Waals surface area contributed by atoms with Gasteiger partial charge in [-0.25, -0.2) is 9.18 Å². The van der Waals surface area contributed by atoms with Gasteiger partial charge in [0.05, 0.1) is 0 Å². The molecule has 3 fully saturated rings. The summed E-state index contributed by atoms with van der Waals surface area (Å²) in [5.41, 5.74) is 0.587. The predicted molar refractivity (Wildman–Crippen MR) is 88.2 cm³/mol. The van der Waals surface area contributed by atoms with Gasteiger partial charge in [-0.1, -0.05) is 0 Å². The lowest BCUT2D eigenvalue weighted by molar-refractivity contribution is -0.117. The molecule has 3 amide bonds. The van der Waals surface area contributed by atoms with Crippen LogP contribution >= 0.6 is 0 Å². The Morgan fingerprint density at radius 1 is 1.00 bits per heavy atom. The Morgan fingerprint density at radius 3 is 2.42 bits per heavy atom. The number of halogens is 1. The highest BCUT2D eigenvalue weighted by Crippen LogP contribution is 2.42. The van der Waals surface area contributed by atoms with Crippen LogP contribution in [0.15, 0.2) is 24.3 Å². The molecular weight excluding hydrogens is 309 g/mol. The Morgan fingerprint density at radius 2 is 1.71 bits per heavy atom. The number of amides is 3. The van der Waals surface area contributed by atoms with Crippen LogP contribution in [0.4, 0.5) is 14.9 Å². The SMILES string of the molecule is O=C(N1CCCC1)N1CC[C@]2(CC(=O)N(c3ccc(F)cc3)C2)C1. The Balaban J connectivity index is 1.46. The molecule has 6 heteroatoms. The highest BCUT2D eigenvalue weighted by molar-refractivity contribution is 5.96. The molecule has 0 saturated carbocycles. The van der Waals surface area contributed by atoms with E-state index in [1.807, 2.05) is 9.80 Å². The zero-order valence-electron chi connectivity index (χ0n) is 13.7. The van der Waals surface area contributed by atoms with Crippen molar-refractivity contribution in [2.24, 2.45) is 5.41 Å². The number of rotatable bonds is 1. The molecule has 1 aromatic carbocycles. The van der Waals surface area contributed by atoms with Gasteiger partial charge in [0.25, 0.3) is 0 Å². The average Bonchev–Trinajstić information content (AvgIpc) is 3.29. The number of nitrogens with zero attached hydrogens (tertiary/aromatic N) is 3. The molecule has 3 heterocycles. The summed E-state index contributed by atoms with van der Waals surface area (Å²) >= 11 is 0. The number of benzene rings is 1. The van der Waals surface area contributed by atoms with Gasteiger partial charge in [0, 0.05) is 50.2 Å². The molecule has 0 radical (unpaired) electrons. The molecule has 3 aliphatic heterocycles. The van der Waals surface area contributed by atoms with Gasteiger partial charge in [-0.2, -0.15) is 0 Å². The van der Waals surface area contributed by atoms with Crippen LogP contribution in [0.2, 0.25) is 0 Å². The van der Waals surface area contributed by atoms with E-state index in [0.29, 0.717) is 19.5 Å². The summed E-state index contributed by atoms with van der Waals surface area (Å²) in [6.45, 7) is 3.68. The summed E-state index contributed by atoms with van der Waals surface area (Å²) in [7, 11) is 0. The zero-order valence-corrected chi connectivity index (χ0v) is 13.7. The predicted octanol–water partition coefficient (Wildman–Crippen LogP) is 2.47. The Kier molecular flexibility index (Phi) is 3.70. The highest BCUT2D eigenvalue weighted by Gasteiger charge is 2.49. The van der Waals surface area contributed by atoms with Crippen LogP contribution in [0.3, 0.4) is 0 Å². The normalized spacial score (nSPS) is 26.9. The van der Waals surface area contributed by atoms with Crippen molar-refractivity contribution in [3.05, 3.63) is 30.1 Å². The molecule has 0 bridgehead atoms. The summed E-state index contributed by atoms with van der Waals surface area (Å²) < 4.78 is 13.1. The number of carbonyl (C=O) groups is 2. The largest absolute Gasteiger partial charge is 0.325 e. The van der Waals surface area contributed by atoms with E-state index in [4.69, 9.17) is 0 Å². The lowest BCUT2D eigenvalue weighted by atomic mass is 9.86. The molecule has 0 unspecified atom stereocenters. The van der Waals surface area contributed by atoms with Crippen molar-refractivity contribution in [3.63, 3.8) is 0 Å². The van der Waals surface area contributed by atoms with Gasteiger partial charge in [0.1, 0.15) is 5.82 Å². The number of urea groups is 1. The van der Waals surface area contributed by atoms with Gasteiger partial charge in [-0.15, -0.1) is 0 Å². The molecule has 3 saturated heterocycles. The lowest BCUT2D eigenvalue weighted by Gasteiger charge is -2.27. The number of hydrogen-bond acceptors (Lipinski definition) is 2. The quantitative estimate of drug-likeness (QED) is 0.793. The van der Waals surface area contributed by atoms with Gasteiger partial charge in [0.2, 0.25) is 5.91 Å². The monoisotopic (exact) mass is 331 g/mol. The first-order valence-electron chi connectivity index (χ1n) is 8.66. The topological polar surface area (TPSA) is 43.9 Å². The summed E-state index contributed by atoms with van der Waals surface area (Å²) in [4.78, 5) is 30.6. The van der Waals surface area contributed by atoms with E-state index in [0.717, 1.165) is 44.6 Å². The Labute approximate surface area is 141 Å². The fourth-order valence-corrected chi connectivity index (χ4v) is 4.23. The van der Waals surface area contributed by atoms with E-state index in [-0.39, 0.29) is 23.2 Å². The first-order valence-corrected chi connectivity index (χ1v) is 8.66. The molecule has 0 aromatic heterocycles. The third kappa shape index (κ3) is 2.64. The summed E-state index contributed by atoms with van der Waals surface area (Å²) in [5, 5.41) is 0. The minimum absolute atomic E-state index is 0.0667. The van der Waals surface area contributed by atoms with Gasteiger partial charge < -0.3 is 14.7 Å². The van der Waals surface area contributed by atoms with Gasteiger partial charge in [0.15, 0.2) is 0 Å². The molecule has 1 aromatic rings. The molecule has 4 rings (SSSR count). The van der Waals surface area contributed by atoms with Crippen molar-refractivity contribution in [3.8, 4) is 0 Å². The van der Waals surface area contributed by atoms with Gasteiger partial charge in [-0.05, 0) is 43.5 Å². The molecule has 128 valence electrons. The summed E-state index contributed by atoms with van der Waals surface area (Å²) in [6, 6.07) is 6.18. The number of carbonyl (C=O) groups excluding carboxylic acids is 2. The van der Waals surface area contributed by atoms with Crippen LogP contribution in [0.25, 0.3) is 0 Å². The van der Waals surface area contributed by atoms with Crippen molar-refractivity contribution >= 4 is 17.6 Å². The van der Waals surface area contributed by atoms with Crippen LogP contribution in [0.1, 0.15) is 25.7 Å². The third-order valence-corrected chi connectivity index (χ3v) is 5.54. The molecular formula is C18H22FN3O2. The van der Waals surface area contributed by atoms with Crippen molar-refractivity contribution in [1.29, 1.82) is 0 Å². The standard InChI is InChI=1S/C18H22FN3O2/c19-14-3-5-15(6-4-14)22-13-18(11-16(22)23)7-10-21(12-18)17(24)20-8-1-2-9-20/h3-6H,1-2,7-13H2/t18-/m0/s1. The smallest absolute Gasteiger partial charge is 0.320 e. The van der Waals surface area contributed by atoms with E-state index >= 15 is 0 Å². The maximum absolute atomic E-state index is 13.1. The number of anilines is 1. The van der Waals surface area contributed by atoms with Crippen molar-refractivity contribution in [2.45, 2.75) is 25.7 Å². The van der Waals surface area contributed by atoms with Crippen molar-refractivity contribution in [2.75, 3.05) is 37.6 Å². The summed E-state index contributed by atoms with van der Waals surface area (Å²) in [6.07, 6.45) is 3.49. The van der Waals surface area contributed by atoms with Crippen LogP contribution in [0, 0.1) is 11.2 Å². The van der Waals surface area contributed by atoms with Crippen LogP contribution in [-0.4, -0.2) is 54.5 Å². The van der Waals surface area contributed by atoms with Crippen molar-refractivity contribution in [1.82, 2.24) is 9.80 Å². The van der Waals surface area contributed by atoms with Gasteiger partial charge in [-0.3, -0.25) is 4.79 Å². The Hall–Kier alpha value is -2.11. The second-order valence-corrected chi connectivity index (χ2v) is 7.28. The lowest BCUT2D eigenvalue weighted by Crippen LogP contribution is -2.42. The minimum atomic E-state index is -0.302. The van der Waals surface area contributed by atoms with E-state index in [2.05, 4.69) is 0 Å². The summed E-state index contributed by atoms with van der Waals surface area (Å²) in [5.74, 6) is -0.236. The average molecular weight is 331 g/mol. The number of hydrogen-bond donors (Lipinski definition) is 0. The molecule has 1 atom stereocenters. The fraction of sp³-hybridized carbons (Fsp3) is 0.556. The minimum Gasteiger partial charge on any atom is -0.325 e.